The van der Waals surface area contributed by atoms with Gasteiger partial charge in [-0.1, -0.05) is 194 Å². The number of hydrogen-bond acceptors (Lipinski definition) is 7. The van der Waals surface area contributed by atoms with Crippen LogP contribution in [0, 0.1) is 152 Å². The Kier molecular flexibility index (Phi) is 21.0. The fourth-order valence-corrected chi connectivity index (χ4v) is 20.2. The van der Waals surface area contributed by atoms with Crippen LogP contribution in [0.3, 0.4) is 0 Å². The third kappa shape index (κ3) is 13.3. The Bertz CT molecular complexity index is 7710. The van der Waals surface area contributed by atoms with E-state index in [2.05, 4.69) is 349 Å². The summed E-state index contributed by atoms with van der Waals surface area (Å²) in [7, 11) is 0. The molecular weight excluding hydrogens is 1540 g/mol. The molecule has 620 valence electrons. The van der Waals surface area contributed by atoms with Crippen molar-refractivity contribution in [1.29, 1.82) is 0 Å². The summed E-state index contributed by atoms with van der Waals surface area (Å²) in [5.74, 6) is 1.99. The summed E-state index contributed by atoms with van der Waals surface area (Å²) < 4.78 is 48.1. The van der Waals surface area contributed by atoms with Crippen LogP contribution >= 0.6 is 11.3 Å². The fourth-order valence-electron chi connectivity index (χ4n) is 19.2. The molecule has 124 heavy (non-hydrogen) atoms. The topological polar surface area (TPSA) is 103 Å². The first-order valence-corrected chi connectivity index (χ1v) is 43.7. The first-order chi connectivity index (χ1) is 59.7. The lowest BCUT2D eigenvalue weighted by atomic mass is 10.1. The lowest BCUT2D eigenvalue weighted by molar-refractivity contribution is 0.557. The zero-order valence-corrected chi connectivity index (χ0v) is 75.9. The molecular formula is C112H105N5O6S. The van der Waals surface area contributed by atoms with Gasteiger partial charge < -0.3 is 31.1 Å². The number of fused-ring (bicyclic) bond motifs is 18. The van der Waals surface area contributed by atoms with Gasteiger partial charge in [0.15, 0.2) is 10.5 Å². The molecule has 0 saturated carbocycles. The van der Waals surface area contributed by atoms with Gasteiger partial charge in [-0.15, -0.1) is 11.3 Å². The van der Waals surface area contributed by atoms with Gasteiger partial charge in [-0.3, -0.25) is 18.3 Å². The van der Waals surface area contributed by atoms with Gasteiger partial charge in [-0.25, -0.2) is 0 Å². The van der Waals surface area contributed by atoms with Crippen LogP contribution in [0.15, 0.2) is 263 Å². The van der Waals surface area contributed by atoms with E-state index in [-0.39, 0.29) is 0 Å². The number of para-hydroxylation sites is 11. The number of aryl methyl sites for hydroxylation is 19. The van der Waals surface area contributed by atoms with E-state index in [1.165, 1.54) is 215 Å². The maximum atomic E-state index is 6.21. The van der Waals surface area contributed by atoms with E-state index in [1.807, 2.05) is 62.4 Å². The summed E-state index contributed by atoms with van der Waals surface area (Å²) in [6.45, 7) is 47.3. The molecule has 23 rings (SSSR count). The van der Waals surface area contributed by atoms with E-state index >= 15 is 0 Å². The predicted octanol–water partition coefficient (Wildman–Crippen LogP) is 32.3. The molecule has 0 atom stereocenters. The Morgan fingerprint density at radius 1 is 0.210 bits per heavy atom. The lowest BCUT2D eigenvalue weighted by Gasteiger charge is -2.14. The molecule has 0 amide bonds. The van der Waals surface area contributed by atoms with Gasteiger partial charge in [0.1, 0.15) is 39.4 Å². The summed E-state index contributed by atoms with van der Waals surface area (Å²) in [5, 5.41) is 13.6. The van der Waals surface area contributed by atoms with Gasteiger partial charge in [0, 0.05) is 76.4 Å². The minimum absolute atomic E-state index is 0.952. The largest absolute Gasteiger partial charge is 0.454 e. The zero-order chi connectivity index (χ0) is 86.9. The maximum absolute atomic E-state index is 6.21. The van der Waals surface area contributed by atoms with E-state index in [1.54, 1.807) is 11.3 Å². The van der Waals surface area contributed by atoms with Gasteiger partial charge in [0.25, 0.3) is 0 Å². The molecule has 11 aromatic carbocycles. The minimum atomic E-state index is 0.952. The number of benzene rings is 11. The molecule has 0 N–H and O–H groups in total. The van der Waals surface area contributed by atoms with Crippen LogP contribution in [0.5, 0.6) is 0 Å². The quantitative estimate of drug-likeness (QED) is 0.170. The molecule has 0 bridgehead atoms. The van der Waals surface area contributed by atoms with Crippen molar-refractivity contribution < 1.29 is 26.5 Å². The first kappa shape index (κ1) is 81.3. The fraction of sp³-hybridized carbons (Fsp3) is 0.196. The molecule has 12 heterocycles. The molecule has 0 aliphatic carbocycles. The second kappa shape index (κ2) is 32.0. The Morgan fingerprint density at radius 2 is 0.484 bits per heavy atom. The number of aromatic nitrogens is 5. The second-order valence-electron chi connectivity index (χ2n) is 33.8. The number of thiophene rings is 1. The van der Waals surface area contributed by atoms with Crippen molar-refractivity contribution in [3.05, 3.63) is 359 Å². The summed E-state index contributed by atoms with van der Waals surface area (Å²) in [4.78, 5) is 2.41. The highest BCUT2D eigenvalue weighted by atomic mass is 32.1. The van der Waals surface area contributed by atoms with Crippen LogP contribution in [0.4, 0.5) is 0 Å². The van der Waals surface area contributed by atoms with Crippen molar-refractivity contribution in [3.8, 4) is 28.4 Å². The molecule has 0 unspecified atom stereocenters. The van der Waals surface area contributed by atoms with Crippen LogP contribution in [0.1, 0.15) is 122 Å². The molecule has 0 aliphatic rings. The SMILES string of the molecule is Cc1cccc(C)c1-n1c(C)c(C)c2c3ccccc3oc21.Cc1cccc(C)c1-n1c(C)c(C)c2c3ccccc3oc21.Cc1cccc(C)c1-n1c(C)c(C)c2oc3ccccc3c21.Cc1cccc(C)c1-n1c2ccccc2c2c(C)c(C)oc21.Cc1cccc(C)c1-n1c2ccccc2c2c(C)c(C)oc21.Cc1sc2oc3ccccc3c2c1C. The highest BCUT2D eigenvalue weighted by Gasteiger charge is 2.28. The molecule has 0 spiro atoms. The van der Waals surface area contributed by atoms with Gasteiger partial charge in [-0.05, 0) is 267 Å². The highest BCUT2D eigenvalue weighted by Crippen LogP contribution is 2.46. The third-order valence-corrected chi connectivity index (χ3v) is 27.2. The van der Waals surface area contributed by atoms with Crippen molar-refractivity contribution >= 4 is 143 Å². The van der Waals surface area contributed by atoms with Crippen LogP contribution in [0.25, 0.3) is 160 Å². The maximum Gasteiger partial charge on any atom is 0.213 e. The van der Waals surface area contributed by atoms with Gasteiger partial charge >= 0.3 is 0 Å². The normalized spacial score (nSPS) is 11.6. The Balaban J connectivity index is 0.000000102. The first-order valence-electron chi connectivity index (χ1n) is 42.9. The van der Waals surface area contributed by atoms with Gasteiger partial charge in [0.05, 0.1) is 61.0 Å². The molecule has 0 saturated heterocycles. The predicted molar refractivity (Wildman–Crippen MR) is 521 cm³/mol. The summed E-state index contributed by atoms with van der Waals surface area (Å²) in [5.41, 5.74) is 42.5. The van der Waals surface area contributed by atoms with Crippen LogP contribution in [-0.2, 0) is 0 Å². The molecule has 12 heteroatoms. The standard InChI is InChI=1S/5C20H19NO.C12H10OS/c2*1-12-8-7-9-13(2)19(12)21-17-11-6-5-10-16(17)18-14(3)15(4)22-20(18)21;2*1-12-8-7-9-13(2)19(12)21-15(4)14(3)18-16-10-5-6-11-17(16)22-20(18)21;1-12-8-7-9-13(2)18(12)21-15(4)14(3)20-19(21)16-10-5-6-11-17(16)22-20;1-7-8(2)14-12-11(7)9-5-3-4-6-10(9)13-12/h5*5-11H,1-4H3;3-6H,1-2H3. The van der Waals surface area contributed by atoms with E-state index in [4.69, 9.17) is 26.5 Å². The minimum Gasteiger partial charge on any atom is -0.454 e. The van der Waals surface area contributed by atoms with Crippen LogP contribution in [0.2, 0.25) is 0 Å². The molecule has 0 radical (unpaired) electrons. The third-order valence-electron chi connectivity index (χ3n) is 26.1. The van der Waals surface area contributed by atoms with Gasteiger partial charge in [0.2, 0.25) is 22.9 Å². The Morgan fingerprint density at radius 3 is 0.855 bits per heavy atom. The summed E-state index contributed by atoms with van der Waals surface area (Å²) in [6.07, 6.45) is 0. The Labute approximate surface area is 727 Å². The average Bonchev–Trinajstić information content (AvgIpc) is 1.60. The second-order valence-corrected chi connectivity index (χ2v) is 35.0. The van der Waals surface area contributed by atoms with Gasteiger partial charge in [-0.2, -0.15) is 0 Å². The molecule has 0 aliphatic heterocycles. The van der Waals surface area contributed by atoms with Crippen LogP contribution in [-0.4, -0.2) is 22.8 Å². The van der Waals surface area contributed by atoms with E-state index in [0.29, 0.717) is 0 Å². The number of rotatable bonds is 5. The van der Waals surface area contributed by atoms with Crippen molar-refractivity contribution in [1.82, 2.24) is 22.8 Å². The molecule has 0 fully saturated rings. The smallest absolute Gasteiger partial charge is 0.213 e. The zero-order valence-electron chi connectivity index (χ0n) is 75.1. The summed E-state index contributed by atoms with van der Waals surface area (Å²) in [6, 6.07) is 82.3. The van der Waals surface area contributed by atoms with Crippen molar-refractivity contribution in [3.63, 3.8) is 0 Å². The molecule has 12 aromatic heterocycles. The molecule has 23 aromatic rings. The highest BCUT2D eigenvalue weighted by molar-refractivity contribution is 7.18. The van der Waals surface area contributed by atoms with E-state index in [0.717, 1.165) is 67.2 Å². The van der Waals surface area contributed by atoms with Crippen LogP contribution < -0.4 is 0 Å². The van der Waals surface area contributed by atoms with E-state index in [9.17, 15) is 0 Å². The summed E-state index contributed by atoms with van der Waals surface area (Å²) >= 11 is 1.74. The van der Waals surface area contributed by atoms with Crippen molar-refractivity contribution in [2.45, 2.75) is 152 Å². The van der Waals surface area contributed by atoms with Crippen molar-refractivity contribution in [2.75, 3.05) is 0 Å². The number of hydrogen-bond donors (Lipinski definition) is 0. The number of furan rings is 6. The average molecular weight is 1650 g/mol. The molecule has 11 nitrogen and oxygen atoms in total. The number of nitrogens with zero attached hydrogens (tertiary/aromatic N) is 5. The monoisotopic (exact) mass is 1650 g/mol. The Hall–Kier alpha value is -13.7. The lowest BCUT2D eigenvalue weighted by Crippen LogP contribution is -2.02. The van der Waals surface area contributed by atoms with E-state index < -0.39 is 0 Å². The van der Waals surface area contributed by atoms with Crippen molar-refractivity contribution in [2.24, 2.45) is 0 Å².